The maximum absolute atomic E-state index is 12.4. The van der Waals surface area contributed by atoms with Gasteiger partial charge in [0, 0.05) is 38.0 Å². The number of carbonyl (C=O) groups is 2. The monoisotopic (exact) mass is 391 g/mol. The van der Waals surface area contributed by atoms with Crippen molar-refractivity contribution in [3.8, 4) is 5.75 Å². The molecule has 1 aromatic rings. The van der Waals surface area contributed by atoms with Gasteiger partial charge in [-0.2, -0.15) is 0 Å². The molecule has 7 nitrogen and oxygen atoms in total. The van der Waals surface area contributed by atoms with Crippen molar-refractivity contribution < 1.29 is 19.4 Å². The molecular weight excluding hydrogens is 358 g/mol. The Balaban J connectivity index is 1.97. The number of ether oxygens (including phenoxy) is 1. The molecule has 0 amide bonds. The Morgan fingerprint density at radius 1 is 1.32 bits per heavy atom. The van der Waals surface area contributed by atoms with Crippen LogP contribution < -0.4 is 15.5 Å². The summed E-state index contributed by atoms with van der Waals surface area (Å²) >= 11 is 0. The lowest BCUT2D eigenvalue weighted by Gasteiger charge is -2.36. The number of aliphatic carboxylic acids is 1. The third kappa shape index (κ3) is 6.89. The van der Waals surface area contributed by atoms with E-state index < -0.39 is 5.97 Å². The highest BCUT2D eigenvalue weighted by Gasteiger charge is 2.26. The molecule has 28 heavy (non-hydrogen) atoms. The summed E-state index contributed by atoms with van der Waals surface area (Å²) in [5.74, 6) is 0.0945. The van der Waals surface area contributed by atoms with Gasteiger partial charge in [-0.15, -0.1) is 0 Å². The minimum Gasteiger partial charge on any atom is -0.491 e. The van der Waals surface area contributed by atoms with Crippen LogP contribution in [0.3, 0.4) is 0 Å². The van der Waals surface area contributed by atoms with E-state index in [0.717, 1.165) is 30.9 Å². The Labute approximate surface area is 167 Å². The Kier molecular flexibility index (Phi) is 8.89. The van der Waals surface area contributed by atoms with Gasteiger partial charge in [0.15, 0.2) is 5.78 Å². The number of para-hydroxylation sites is 1. The molecule has 0 saturated carbocycles. The van der Waals surface area contributed by atoms with Crippen LogP contribution in [0.2, 0.25) is 0 Å². The summed E-state index contributed by atoms with van der Waals surface area (Å²) in [6.07, 6.45) is 1.49. The van der Waals surface area contributed by atoms with Crippen molar-refractivity contribution in [2.24, 2.45) is 0 Å². The minimum absolute atomic E-state index is 0.0323. The number of ketones is 1. The van der Waals surface area contributed by atoms with Crippen molar-refractivity contribution >= 4 is 11.8 Å². The molecule has 1 aromatic carbocycles. The molecule has 0 bridgehead atoms. The standard InChI is InChI=1S/C21H33N3O4/c1-4-17(19(25)9-7-11-21(26)27)23-24-13-12-22-18(14-24)16-8-5-6-10-20(16)28-15(2)3/h5-6,8,10,15,17-18,22-23H,4,7,9,11-14H2,1-3H3,(H,26,27). The Morgan fingerprint density at radius 3 is 2.75 bits per heavy atom. The van der Waals surface area contributed by atoms with Gasteiger partial charge in [0.05, 0.1) is 18.2 Å². The van der Waals surface area contributed by atoms with Crippen LogP contribution in [0.5, 0.6) is 5.75 Å². The predicted molar refractivity (Wildman–Crippen MR) is 108 cm³/mol. The number of benzene rings is 1. The topological polar surface area (TPSA) is 90.9 Å². The number of nitrogens with zero attached hydrogens (tertiary/aromatic N) is 1. The van der Waals surface area contributed by atoms with E-state index in [4.69, 9.17) is 9.84 Å². The molecule has 2 atom stereocenters. The van der Waals surface area contributed by atoms with Crippen molar-refractivity contribution in [1.29, 1.82) is 0 Å². The van der Waals surface area contributed by atoms with Gasteiger partial charge in [-0.05, 0) is 32.8 Å². The molecule has 1 saturated heterocycles. The molecule has 1 aliphatic heterocycles. The summed E-state index contributed by atoms with van der Waals surface area (Å²) in [6, 6.07) is 7.88. The lowest BCUT2D eigenvalue weighted by atomic mass is 10.0. The molecule has 156 valence electrons. The van der Waals surface area contributed by atoms with Gasteiger partial charge >= 0.3 is 5.97 Å². The Bertz CT molecular complexity index is 650. The van der Waals surface area contributed by atoms with Gasteiger partial charge in [-0.25, -0.2) is 10.4 Å². The van der Waals surface area contributed by atoms with Crippen molar-refractivity contribution in [3.05, 3.63) is 29.8 Å². The second kappa shape index (κ2) is 11.1. The summed E-state index contributed by atoms with van der Waals surface area (Å²) in [7, 11) is 0. The highest BCUT2D eigenvalue weighted by atomic mass is 16.5. The van der Waals surface area contributed by atoms with E-state index in [2.05, 4.69) is 21.8 Å². The summed E-state index contributed by atoms with van der Waals surface area (Å²) < 4.78 is 5.96. The van der Waals surface area contributed by atoms with E-state index in [-0.39, 0.29) is 30.4 Å². The van der Waals surface area contributed by atoms with Gasteiger partial charge < -0.3 is 15.2 Å². The summed E-state index contributed by atoms with van der Waals surface area (Å²) in [5, 5.41) is 14.4. The van der Waals surface area contributed by atoms with Gasteiger partial charge in [-0.1, -0.05) is 25.1 Å². The van der Waals surface area contributed by atoms with Crippen LogP contribution >= 0.6 is 0 Å². The van der Waals surface area contributed by atoms with E-state index in [1.54, 1.807) is 0 Å². The van der Waals surface area contributed by atoms with Crippen LogP contribution in [0.15, 0.2) is 24.3 Å². The molecule has 7 heteroatoms. The van der Waals surface area contributed by atoms with Gasteiger partial charge in [0.25, 0.3) is 0 Å². The minimum atomic E-state index is -0.860. The normalized spacial score (nSPS) is 18.8. The zero-order chi connectivity index (χ0) is 20.5. The lowest BCUT2D eigenvalue weighted by molar-refractivity contribution is -0.137. The maximum Gasteiger partial charge on any atom is 0.303 e. The molecule has 0 spiro atoms. The molecule has 0 radical (unpaired) electrons. The summed E-state index contributed by atoms with van der Waals surface area (Å²) in [5.41, 5.74) is 4.47. The smallest absolute Gasteiger partial charge is 0.303 e. The SMILES string of the molecule is CCC(NN1CCNC(c2ccccc2OC(C)C)C1)C(=O)CCCC(=O)O. The van der Waals surface area contributed by atoms with Gasteiger partial charge in [0.2, 0.25) is 0 Å². The number of rotatable bonds is 11. The number of piperazine rings is 1. The average molecular weight is 392 g/mol. The largest absolute Gasteiger partial charge is 0.491 e. The van der Waals surface area contributed by atoms with Crippen LogP contribution in [0.25, 0.3) is 0 Å². The van der Waals surface area contributed by atoms with Crippen molar-refractivity contribution in [2.45, 2.75) is 64.6 Å². The molecule has 0 aromatic heterocycles. The van der Waals surface area contributed by atoms with E-state index in [0.29, 0.717) is 19.3 Å². The number of hydrogen-bond acceptors (Lipinski definition) is 6. The fraction of sp³-hybridized carbons (Fsp3) is 0.619. The van der Waals surface area contributed by atoms with E-state index in [9.17, 15) is 9.59 Å². The van der Waals surface area contributed by atoms with Crippen LogP contribution in [0.1, 0.15) is 58.1 Å². The fourth-order valence-electron chi connectivity index (χ4n) is 3.40. The molecule has 2 unspecified atom stereocenters. The summed E-state index contributed by atoms with van der Waals surface area (Å²) in [6.45, 7) is 8.32. The number of carboxylic acid groups (broad SMARTS) is 1. The zero-order valence-corrected chi connectivity index (χ0v) is 17.1. The number of carboxylic acids is 1. The van der Waals surface area contributed by atoms with E-state index in [1.165, 1.54) is 0 Å². The van der Waals surface area contributed by atoms with Crippen LogP contribution in [0, 0.1) is 0 Å². The first kappa shape index (κ1) is 22.3. The van der Waals surface area contributed by atoms with Crippen molar-refractivity contribution in [2.75, 3.05) is 19.6 Å². The van der Waals surface area contributed by atoms with Crippen molar-refractivity contribution in [1.82, 2.24) is 15.8 Å². The van der Waals surface area contributed by atoms with Crippen molar-refractivity contribution in [3.63, 3.8) is 0 Å². The maximum atomic E-state index is 12.4. The highest BCUT2D eigenvalue weighted by molar-refractivity contribution is 5.84. The predicted octanol–water partition coefficient (Wildman–Crippen LogP) is 2.53. The van der Waals surface area contributed by atoms with Crippen LogP contribution in [-0.2, 0) is 9.59 Å². The molecule has 2 rings (SSSR count). The van der Waals surface area contributed by atoms with Gasteiger partial charge in [-0.3, -0.25) is 9.59 Å². The first-order chi connectivity index (χ1) is 13.4. The first-order valence-corrected chi connectivity index (χ1v) is 10.1. The molecule has 0 aliphatic carbocycles. The third-order valence-electron chi connectivity index (χ3n) is 4.78. The number of hydrazine groups is 1. The number of Topliss-reactive ketones (excluding diaryl/α,β-unsaturated/α-hetero) is 1. The summed E-state index contributed by atoms with van der Waals surface area (Å²) in [4.78, 5) is 23.1. The number of nitrogens with one attached hydrogen (secondary N) is 2. The molecule has 1 aliphatic rings. The van der Waals surface area contributed by atoms with Crippen LogP contribution in [0.4, 0.5) is 0 Å². The Hall–Kier alpha value is -1.96. The molecular formula is C21H33N3O4. The average Bonchev–Trinajstić information content (AvgIpc) is 2.66. The Morgan fingerprint density at radius 2 is 2.07 bits per heavy atom. The fourth-order valence-corrected chi connectivity index (χ4v) is 3.40. The van der Waals surface area contributed by atoms with Gasteiger partial charge in [0.1, 0.15) is 5.75 Å². The third-order valence-corrected chi connectivity index (χ3v) is 4.78. The molecule has 1 fully saturated rings. The number of carbonyl (C=O) groups excluding carboxylic acids is 1. The van der Waals surface area contributed by atoms with E-state index in [1.807, 2.05) is 39.0 Å². The first-order valence-electron chi connectivity index (χ1n) is 10.1. The second-order valence-corrected chi connectivity index (χ2v) is 7.46. The van der Waals surface area contributed by atoms with Crippen LogP contribution in [-0.4, -0.2) is 53.6 Å². The highest BCUT2D eigenvalue weighted by Crippen LogP contribution is 2.27. The number of hydrogen-bond donors (Lipinski definition) is 3. The lowest BCUT2D eigenvalue weighted by Crippen LogP contribution is -2.56. The van der Waals surface area contributed by atoms with E-state index >= 15 is 0 Å². The quantitative estimate of drug-likeness (QED) is 0.534. The zero-order valence-electron chi connectivity index (χ0n) is 17.1. The molecule has 3 N–H and O–H groups in total. The molecule has 1 heterocycles. The second-order valence-electron chi connectivity index (χ2n) is 7.46.